The fourth-order valence-electron chi connectivity index (χ4n) is 3.24. The van der Waals surface area contributed by atoms with Crippen LogP contribution in [0.2, 0.25) is 0 Å². The molecule has 0 aromatic heterocycles. The maximum atomic E-state index is 12.4. The van der Waals surface area contributed by atoms with Gasteiger partial charge in [-0.25, -0.2) is 4.79 Å². The van der Waals surface area contributed by atoms with Gasteiger partial charge in [-0.05, 0) is 48.3 Å². The van der Waals surface area contributed by atoms with Gasteiger partial charge in [-0.15, -0.1) is 0 Å². The molecule has 0 atom stereocenters. The van der Waals surface area contributed by atoms with Crippen molar-refractivity contribution in [2.75, 3.05) is 38.1 Å². The molecule has 0 spiro atoms. The maximum absolute atomic E-state index is 12.4. The van der Waals surface area contributed by atoms with Gasteiger partial charge < -0.3 is 15.0 Å². The number of nitrogens with zero attached hydrogens (tertiary/aromatic N) is 1. The lowest BCUT2D eigenvalue weighted by atomic mass is 9.86. The highest BCUT2D eigenvalue weighted by Crippen LogP contribution is 2.22. The fraction of sp³-hybridized carbons (Fsp3) is 0.462. The van der Waals surface area contributed by atoms with Gasteiger partial charge in [0.25, 0.3) is 0 Å². The standard InChI is InChI=1S/C26H36N2O3/c1-6-28(7-2)18-19-31-25(30)21-10-14-23(15-11-21)27-17-16-24(29)20-8-12-22(13-9-20)26(3,4)5/h8-15,27H,6-7,16-19H2,1-5H3. The lowest BCUT2D eigenvalue weighted by Crippen LogP contribution is -2.27. The van der Waals surface area contributed by atoms with E-state index in [1.807, 2.05) is 36.4 Å². The van der Waals surface area contributed by atoms with Gasteiger partial charge in [0, 0.05) is 30.8 Å². The number of rotatable bonds is 11. The third-order valence-electron chi connectivity index (χ3n) is 5.41. The minimum atomic E-state index is -0.312. The highest BCUT2D eigenvalue weighted by atomic mass is 16.5. The second-order valence-electron chi connectivity index (χ2n) is 8.67. The zero-order valence-corrected chi connectivity index (χ0v) is 19.5. The molecule has 5 nitrogen and oxygen atoms in total. The van der Waals surface area contributed by atoms with Crippen LogP contribution in [-0.2, 0) is 10.2 Å². The largest absolute Gasteiger partial charge is 0.461 e. The number of benzene rings is 2. The molecular formula is C26H36N2O3. The molecular weight excluding hydrogens is 388 g/mol. The van der Waals surface area contributed by atoms with Crippen LogP contribution in [0.15, 0.2) is 48.5 Å². The van der Waals surface area contributed by atoms with Crippen molar-refractivity contribution in [2.45, 2.75) is 46.5 Å². The number of carbonyl (C=O) groups excluding carboxylic acids is 2. The van der Waals surface area contributed by atoms with Crippen molar-refractivity contribution < 1.29 is 14.3 Å². The summed E-state index contributed by atoms with van der Waals surface area (Å²) in [6.07, 6.45) is 0.407. The highest BCUT2D eigenvalue weighted by molar-refractivity contribution is 5.96. The topological polar surface area (TPSA) is 58.6 Å². The molecule has 2 aromatic rings. The molecule has 0 unspecified atom stereocenters. The zero-order valence-electron chi connectivity index (χ0n) is 19.5. The number of anilines is 1. The first-order chi connectivity index (χ1) is 14.7. The molecule has 0 heterocycles. The minimum Gasteiger partial charge on any atom is -0.461 e. The van der Waals surface area contributed by atoms with Gasteiger partial charge in [0.05, 0.1) is 5.56 Å². The molecule has 0 saturated heterocycles. The van der Waals surface area contributed by atoms with E-state index in [1.165, 1.54) is 5.56 Å². The van der Waals surface area contributed by atoms with Crippen LogP contribution in [0.5, 0.6) is 0 Å². The van der Waals surface area contributed by atoms with Crippen LogP contribution in [0.4, 0.5) is 5.69 Å². The summed E-state index contributed by atoms with van der Waals surface area (Å²) in [5, 5.41) is 3.24. The van der Waals surface area contributed by atoms with Crippen LogP contribution >= 0.6 is 0 Å². The summed E-state index contributed by atoms with van der Waals surface area (Å²) in [4.78, 5) is 26.8. The molecule has 0 saturated carbocycles. The molecule has 0 aliphatic heterocycles. The SMILES string of the molecule is CCN(CC)CCOC(=O)c1ccc(NCCC(=O)c2ccc(C(C)(C)C)cc2)cc1. The van der Waals surface area contributed by atoms with Gasteiger partial charge in [-0.2, -0.15) is 0 Å². The Morgan fingerprint density at radius 1 is 0.903 bits per heavy atom. The van der Waals surface area contributed by atoms with Crippen LogP contribution in [0.1, 0.15) is 67.3 Å². The van der Waals surface area contributed by atoms with Gasteiger partial charge in [-0.3, -0.25) is 4.79 Å². The average molecular weight is 425 g/mol. The predicted octanol–water partition coefficient (Wildman–Crippen LogP) is 5.17. The number of ether oxygens (including phenoxy) is 1. The van der Waals surface area contributed by atoms with E-state index in [-0.39, 0.29) is 17.2 Å². The maximum Gasteiger partial charge on any atom is 0.338 e. The van der Waals surface area contributed by atoms with E-state index >= 15 is 0 Å². The van der Waals surface area contributed by atoms with Crippen molar-refractivity contribution in [3.63, 3.8) is 0 Å². The summed E-state index contributed by atoms with van der Waals surface area (Å²) in [5.74, 6) is -0.200. The van der Waals surface area contributed by atoms with Crippen molar-refractivity contribution in [1.82, 2.24) is 4.90 Å². The van der Waals surface area contributed by atoms with Crippen molar-refractivity contribution in [3.8, 4) is 0 Å². The Morgan fingerprint density at radius 2 is 1.48 bits per heavy atom. The molecule has 5 heteroatoms. The average Bonchev–Trinajstić information content (AvgIpc) is 2.76. The third kappa shape index (κ3) is 7.83. The summed E-state index contributed by atoms with van der Waals surface area (Å²) in [7, 11) is 0. The number of hydrogen-bond acceptors (Lipinski definition) is 5. The Hall–Kier alpha value is -2.66. The number of hydrogen-bond donors (Lipinski definition) is 1. The molecule has 0 amide bonds. The van der Waals surface area contributed by atoms with E-state index < -0.39 is 0 Å². The number of carbonyl (C=O) groups is 2. The van der Waals surface area contributed by atoms with Crippen LogP contribution in [0, 0.1) is 0 Å². The lowest BCUT2D eigenvalue weighted by Gasteiger charge is -2.19. The number of Topliss-reactive ketones (excluding diaryl/α,β-unsaturated/α-hetero) is 1. The number of esters is 1. The Balaban J connectivity index is 1.77. The molecule has 0 aliphatic rings. The van der Waals surface area contributed by atoms with E-state index in [0.717, 1.165) is 30.9 Å². The van der Waals surface area contributed by atoms with Crippen molar-refractivity contribution in [3.05, 3.63) is 65.2 Å². The van der Waals surface area contributed by atoms with Crippen LogP contribution in [0.3, 0.4) is 0 Å². The van der Waals surface area contributed by atoms with E-state index in [0.29, 0.717) is 25.1 Å². The van der Waals surface area contributed by atoms with Crippen LogP contribution < -0.4 is 5.32 Å². The van der Waals surface area contributed by atoms with Gasteiger partial charge in [0.2, 0.25) is 0 Å². The molecule has 31 heavy (non-hydrogen) atoms. The van der Waals surface area contributed by atoms with Crippen LogP contribution in [0.25, 0.3) is 0 Å². The third-order valence-corrected chi connectivity index (χ3v) is 5.41. The number of nitrogens with one attached hydrogen (secondary N) is 1. The van der Waals surface area contributed by atoms with Gasteiger partial charge >= 0.3 is 5.97 Å². The monoisotopic (exact) mass is 424 g/mol. The normalized spacial score (nSPS) is 11.4. The first kappa shape index (κ1) is 24.6. The van der Waals surface area contributed by atoms with E-state index in [9.17, 15) is 9.59 Å². The Bertz CT molecular complexity index is 832. The van der Waals surface area contributed by atoms with Crippen molar-refractivity contribution in [1.29, 1.82) is 0 Å². The highest BCUT2D eigenvalue weighted by Gasteiger charge is 2.14. The van der Waals surface area contributed by atoms with Gasteiger partial charge in [0.1, 0.15) is 6.61 Å². The molecule has 1 N–H and O–H groups in total. The Kier molecular flexibility index (Phi) is 9.25. The summed E-state index contributed by atoms with van der Waals surface area (Å²) in [6, 6.07) is 15.0. The Morgan fingerprint density at radius 3 is 2.03 bits per heavy atom. The summed E-state index contributed by atoms with van der Waals surface area (Å²) < 4.78 is 5.35. The lowest BCUT2D eigenvalue weighted by molar-refractivity contribution is 0.0466. The molecule has 2 rings (SSSR count). The molecule has 2 aromatic carbocycles. The minimum absolute atomic E-state index is 0.0765. The van der Waals surface area contributed by atoms with Gasteiger partial charge in [-0.1, -0.05) is 58.9 Å². The molecule has 0 aliphatic carbocycles. The van der Waals surface area contributed by atoms with E-state index in [4.69, 9.17) is 4.74 Å². The van der Waals surface area contributed by atoms with Crippen molar-refractivity contribution >= 4 is 17.4 Å². The zero-order chi connectivity index (χ0) is 22.9. The quantitative estimate of drug-likeness (QED) is 0.398. The second kappa shape index (κ2) is 11.7. The second-order valence-corrected chi connectivity index (χ2v) is 8.67. The fourth-order valence-corrected chi connectivity index (χ4v) is 3.24. The number of ketones is 1. The molecule has 0 bridgehead atoms. The van der Waals surface area contributed by atoms with Crippen LogP contribution in [-0.4, -0.2) is 49.4 Å². The number of likely N-dealkylation sites (N-methyl/N-ethyl adjacent to an activating group) is 1. The smallest absolute Gasteiger partial charge is 0.338 e. The predicted molar refractivity (Wildman–Crippen MR) is 127 cm³/mol. The molecule has 0 radical (unpaired) electrons. The van der Waals surface area contributed by atoms with Crippen molar-refractivity contribution in [2.24, 2.45) is 0 Å². The van der Waals surface area contributed by atoms with Gasteiger partial charge in [0.15, 0.2) is 5.78 Å². The Labute approximate surface area is 186 Å². The summed E-state index contributed by atoms with van der Waals surface area (Å²) in [6.45, 7) is 14.2. The van der Waals surface area contributed by atoms with E-state index in [1.54, 1.807) is 12.1 Å². The first-order valence-corrected chi connectivity index (χ1v) is 11.1. The summed E-state index contributed by atoms with van der Waals surface area (Å²) in [5.41, 5.74) is 3.43. The van der Waals surface area contributed by atoms with E-state index in [2.05, 4.69) is 44.8 Å². The summed E-state index contributed by atoms with van der Waals surface area (Å²) >= 11 is 0. The molecule has 168 valence electrons. The molecule has 0 fully saturated rings. The first-order valence-electron chi connectivity index (χ1n) is 11.1.